The standard InChI is InChI=1S/C14H16N4OS/c1-3-11-12(20-14(15)17-11)13(19)18-16-8-10-7-5-4-6-9(10)2/h4-8H,3H2,1-2H3,(H2,15,17)(H,18,19). The molecule has 2 rings (SSSR count). The average molecular weight is 288 g/mol. The summed E-state index contributed by atoms with van der Waals surface area (Å²) in [7, 11) is 0. The number of hydrazone groups is 1. The summed E-state index contributed by atoms with van der Waals surface area (Å²) in [6, 6.07) is 7.81. The molecule has 0 radical (unpaired) electrons. The molecule has 0 atom stereocenters. The summed E-state index contributed by atoms with van der Waals surface area (Å²) in [6.45, 7) is 3.92. The Bertz CT molecular complexity index is 648. The van der Waals surface area contributed by atoms with Crippen molar-refractivity contribution in [2.45, 2.75) is 20.3 Å². The van der Waals surface area contributed by atoms with Crippen LogP contribution in [0.2, 0.25) is 0 Å². The topological polar surface area (TPSA) is 80.4 Å². The van der Waals surface area contributed by atoms with E-state index >= 15 is 0 Å². The fourth-order valence-corrected chi connectivity index (χ4v) is 2.54. The number of benzene rings is 1. The lowest BCUT2D eigenvalue weighted by Gasteiger charge is -2.00. The molecule has 0 spiro atoms. The Balaban J connectivity index is 2.07. The Morgan fingerprint density at radius 2 is 2.25 bits per heavy atom. The maximum atomic E-state index is 12.0. The molecule has 20 heavy (non-hydrogen) atoms. The van der Waals surface area contributed by atoms with Gasteiger partial charge in [0.25, 0.3) is 5.91 Å². The highest BCUT2D eigenvalue weighted by atomic mass is 32.1. The van der Waals surface area contributed by atoms with Gasteiger partial charge in [0.2, 0.25) is 0 Å². The van der Waals surface area contributed by atoms with Crippen LogP contribution in [0.15, 0.2) is 29.4 Å². The van der Waals surface area contributed by atoms with Crippen molar-refractivity contribution in [1.29, 1.82) is 0 Å². The minimum Gasteiger partial charge on any atom is -0.375 e. The predicted octanol–water partition coefficient (Wildman–Crippen LogP) is 2.36. The van der Waals surface area contributed by atoms with Crippen molar-refractivity contribution in [2.24, 2.45) is 5.10 Å². The third kappa shape index (κ3) is 3.21. The third-order valence-corrected chi connectivity index (χ3v) is 3.74. The lowest BCUT2D eigenvalue weighted by atomic mass is 10.1. The number of hydrogen-bond donors (Lipinski definition) is 2. The third-order valence-electron chi connectivity index (χ3n) is 2.81. The number of nitrogen functional groups attached to an aromatic ring is 1. The molecule has 5 nitrogen and oxygen atoms in total. The summed E-state index contributed by atoms with van der Waals surface area (Å²) >= 11 is 1.18. The van der Waals surface area contributed by atoms with Gasteiger partial charge in [-0.15, -0.1) is 0 Å². The molecule has 0 bridgehead atoms. The maximum Gasteiger partial charge on any atom is 0.283 e. The molecule has 0 unspecified atom stereocenters. The molecule has 6 heteroatoms. The molecule has 3 N–H and O–H groups in total. The fourth-order valence-electron chi connectivity index (χ4n) is 1.73. The second-order valence-electron chi connectivity index (χ2n) is 4.24. The number of nitrogens with two attached hydrogens (primary N) is 1. The summed E-state index contributed by atoms with van der Waals surface area (Å²) in [4.78, 5) is 16.6. The van der Waals surface area contributed by atoms with E-state index in [1.54, 1.807) is 6.21 Å². The largest absolute Gasteiger partial charge is 0.375 e. The SMILES string of the molecule is CCc1nc(N)sc1C(=O)NN=Cc1ccccc1C. The first-order chi connectivity index (χ1) is 9.61. The Morgan fingerprint density at radius 3 is 2.95 bits per heavy atom. The molecule has 1 aromatic carbocycles. The zero-order valence-corrected chi connectivity index (χ0v) is 12.2. The Hall–Kier alpha value is -2.21. The molecular formula is C14H16N4OS. The summed E-state index contributed by atoms with van der Waals surface area (Å²) in [5.41, 5.74) is 10.9. The highest BCUT2D eigenvalue weighted by Gasteiger charge is 2.15. The average Bonchev–Trinajstić information content (AvgIpc) is 2.82. The Kier molecular flexibility index (Phi) is 4.47. The quantitative estimate of drug-likeness (QED) is 0.669. The zero-order chi connectivity index (χ0) is 14.5. The number of amides is 1. The highest BCUT2D eigenvalue weighted by Crippen LogP contribution is 2.20. The molecule has 0 aliphatic rings. The summed E-state index contributed by atoms with van der Waals surface area (Å²) < 4.78 is 0. The molecule has 2 aromatic rings. The van der Waals surface area contributed by atoms with E-state index in [0.29, 0.717) is 22.1 Å². The number of rotatable bonds is 4. The van der Waals surface area contributed by atoms with Gasteiger partial charge >= 0.3 is 0 Å². The van der Waals surface area contributed by atoms with Crippen molar-refractivity contribution in [1.82, 2.24) is 10.4 Å². The van der Waals surface area contributed by atoms with E-state index in [1.165, 1.54) is 11.3 Å². The molecule has 1 amide bonds. The first-order valence-electron chi connectivity index (χ1n) is 6.26. The number of thiazole rings is 1. The molecule has 0 aliphatic heterocycles. The lowest BCUT2D eigenvalue weighted by Crippen LogP contribution is -2.17. The van der Waals surface area contributed by atoms with Crippen LogP contribution in [-0.4, -0.2) is 17.1 Å². The van der Waals surface area contributed by atoms with E-state index in [0.717, 1.165) is 11.1 Å². The van der Waals surface area contributed by atoms with Crippen LogP contribution in [0, 0.1) is 6.92 Å². The molecule has 0 saturated heterocycles. The van der Waals surface area contributed by atoms with Crippen LogP contribution in [0.3, 0.4) is 0 Å². The number of hydrogen-bond acceptors (Lipinski definition) is 5. The van der Waals surface area contributed by atoms with Crippen LogP contribution in [0.5, 0.6) is 0 Å². The number of nitrogens with one attached hydrogen (secondary N) is 1. The Morgan fingerprint density at radius 1 is 1.50 bits per heavy atom. The second kappa shape index (κ2) is 6.29. The van der Waals surface area contributed by atoms with E-state index in [4.69, 9.17) is 5.73 Å². The minimum absolute atomic E-state index is 0.277. The molecular weight excluding hydrogens is 272 g/mol. The van der Waals surface area contributed by atoms with Crippen molar-refractivity contribution >= 4 is 28.6 Å². The van der Waals surface area contributed by atoms with Gasteiger partial charge in [-0.1, -0.05) is 42.5 Å². The van der Waals surface area contributed by atoms with Crippen LogP contribution >= 0.6 is 11.3 Å². The number of aromatic nitrogens is 1. The number of anilines is 1. The first-order valence-corrected chi connectivity index (χ1v) is 7.07. The number of carbonyl (C=O) groups excluding carboxylic acids is 1. The molecule has 0 aliphatic carbocycles. The van der Waals surface area contributed by atoms with Crippen molar-refractivity contribution < 1.29 is 4.79 Å². The number of aryl methyl sites for hydroxylation is 2. The van der Waals surface area contributed by atoms with Crippen LogP contribution in [-0.2, 0) is 6.42 Å². The van der Waals surface area contributed by atoms with Gasteiger partial charge in [0.15, 0.2) is 5.13 Å². The fraction of sp³-hybridized carbons (Fsp3) is 0.214. The lowest BCUT2D eigenvalue weighted by molar-refractivity contribution is 0.0958. The van der Waals surface area contributed by atoms with Crippen molar-refractivity contribution in [2.75, 3.05) is 5.73 Å². The summed E-state index contributed by atoms with van der Waals surface area (Å²) in [6.07, 6.45) is 2.29. The molecule has 1 aromatic heterocycles. The van der Waals surface area contributed by atoms with Gasteiger partial charge in [-0.05, 0) is 24.5 Å². The Labute approximate surface area is 121 Å². The number of carbonyl (C=O) groups is 1. The van der Waals surface area contributed by atoms with Crippen molar-refractivity contribution in [3.8, 4) is 0 Å². The monoisotopic (exact) mass is 288 g/mol. The smallest absolute Gasteiger partial charge is 0.283 e. The molecule has 1 heterocycles. The van der Waals surface area contributed by atoms with E-state index < -0.39 is 0 Å². The molecule has 0 saturated carbocycles. The predicted molar refractivity (Wildman–Crippen MR) is 82.1 cm³/mol. The van der Waals surface area contributed by atoms with Crippen molar-refractivity contribution in [3.63, 3.8) is 0 Å². The van der Waals surface area contributed by atoms with Gasteiger partial charge in [-0.25, -0.2) is 10.4 Å². The zero-order valence-electron chi connectivity index (χ0n) is 11.4. The van der Waals surface area contributed by atoms with E-state index in [1.807, 2.05) is 38.1 Å². The van der Waals surface area contributed by atoms with E-state index in [-0.39, 0.29) is 5.91 Å². The number of nitrogens with zero attached hydrogens (tertiary/aromatic N) is 2. The van der Waals surface area contributed by atoms with Gasteiger partial charge in [-0.2, -0.15) is 5.10 Å². The van der Waals surface area contributed by atoms with E-state index in [2.05, 4.69) is 15.5 Å². The van der Waals surface area contributed by atoms with Gasteiger partial charge in [0.1, 0.15) is 4.88 Å². The van der Waals surface area contributed by atoms with Crippen LogP contribution in [0.1, 0.15) is 33.4 Å². The highest BCUT2D eigenvalue weighted by molar-refractivity contribution is 7.17. The molecule has 0 fully saturated rings. The maximum absolute atomic E-state index is 12.0. The first kappa shape index (κ1) is 14.2. The minimum atomic E-state index is -0.277. The molecule has 104 valence electrons. The van der Waals surface area contributed by atoms with Crippen LogP contribution in [0.25, 0.3) is 0 Å². The van der Waals surface area contributed by atoms with Crippen molar-refractivity contribution in [3.05, 3.63) is 46.0 Å². The second-order valence-corrected chi connectivity index (χ2v) is 5.27. The van der Waals surface area contributed by atoms with Gasteiger partial charge in [-0.3, -0.25) is 4.79 Å². The summed E-state index contributed by atoms with van der Waals surface area (Å²) in [5, 5.41) is 4.37. The van der Waals surface area contributed by atoms with Crippen LogP contribution < -0.4 is 11.2 Å². The van der Waals surface area contributed by atoms with Gasteiger partial charge < -0.3 is 5.73 Å². The normalized spacial score (nSPS) is 10.9. The van der Waals surface area contributed by atoms with Crippen LogP contribution in [0.4, 0.5) is 5.13 Å². The summed E-state index contributed by atoms with van der Waals surface area (Å²) in [5.74, 6) is -0.277. The van der Waals surface area contributed by atoms with Gasteiger partial charge in [0, 0.05) is 0 Å². The van der Waals surface area contributed by atoms with Gasteiger partial charge in [0.05, 0.1) is 11.9 Å². The van der Waals surface area contributed by atoms with E-state index in [9.17, 15) is 4.79 Å².